The molecular formula is C25H32N6O. The van der Waals surface area contributed by atoms with E-state index in [1.807, 2.05) is 0 Å². The first-order valence-electron chi connectivity index (χ1n) is 11.5. The van der Waals surface area contributed by atoms with Crippen molar-refractivity contribution >= 4 is 11.4 Å². The van der Waals surface area contributed by atoms with Crippen molar-refractivity contribution in [1.29, 1.82) is 5.26 Å². The third-order valence-electron chi connectivity index (χ3n) is 6.29. The SMILES string of the molecule is CCCCOc1nc(N)c2c(n1)C(Cc1ccc(CN3CCN(C)CC3)cc1)=C(C#N)C2. The number of rotatable bonds is 8. The van der Waals surface area contributed by atoms with Crippen molar-refractivity contribution in [2.24, 2.45) is 0 Å². The summed E-state index contributed by atoms with van der Waals surface area (Å²) in [5.74, 6) is 0.409. The molecule has 1 aromatic carbocycles. The zero-order valence-electron chi connectivity index (χ0n) is 19.1. The van der Waals surface area contributed by atoms with E-state index in [2.05, 4.69) is 64.1 Å². The van der Waals surface area contributed by atoms with Crippen LogP contribution in [0.2, 0.25) is 0 Å². The van der Waals surface area contributed by atoms with E-state index < -0.39 is 0 Å². The van der Waals surface area contributed by atoms with Gasteiger partial charge in [-0.25, -0.2) is 0 Å². The van der Waals surface area contributed by atoms with E-state index >= 15 is 0 Å². The first kappa shape index (κ1) is 22.3. The summed E-state index contributed by atoms with van der Waals surface area (Å²) in [7, 11) is 2.18. The maximum absolute atomic E-state index is 9.73. The third kappa shape index (κ3) is 5.09. The van der Waals surface area contributed by atoms with Crippen LogP contribution in [-0.4, -0.2) is 59.6 Å². The molecule has 2 heterocycles. The fraction of sp³-hybridized carbons (Fsp3) is 0.480. The number of nitrogens with zero attached hydrogens (tertiary/aromatic N) is 5. The first-order valence-corrected chi connectivity index (χ1v) is 11.5. The van der Waals surface area contributed by atoms with Gasteiger partial charge in [-0.15, -0.1) is 0 Å². The standard InChI is InChI=1S/C25H32N6O/c1-3-4-13-32-25-28-23-21(20(16-26)15-22(23)24(27)29-25)14-18-5-7-19(8-6-18)17-31-11-9-30(2)10-12-31/h5-8H,3-4,9-15,17H2,1-2H3,(H2,27,28,29). The molecule has 32 heavy (non-hydrogen) atoms. The minimum absolute atomic E-state index is 0.300. The van der Waals surface area contributed by atoms with Crippen LogP contribution in [-0.2, 0) is 19.4 Å². The van der Waals surface area contributed by atoms with Gasteiger partial charge in [-0.3, -0.25) is 4.90 Å². The number of nitriles is 1. The lowest BCUT2D eigenvalue weighted by atomic mass is 10.00. The highest BCUT2D eigenvalue weighted by Gasteiger charge is 2.27. The largest absolute Gasteiger partial charge is 0.463 e. The van der Waals surface area contributed by atoms with Crippen LogP contribution in [0, 0.1) is 11.3 Å². The second-order valence-corrected chi connectivity index (χ2v) is 8.74. The monoisotopic (exact) mass is 432 g/mol. The molecule has 1 aliphatic carbocycles. The summed E-state index contributed by atoms with van der Waals surface area (Å²) in [4.78, 5) is 13.8. The van der Waals surface area contributed by atoms with Crippen LogP contribution in [0.3, 0.4) is 0 Å². The molecule has 7 nitrogen and oxygen atoms in total. The van der Waals surface area contributed by atoms with Gasteiger partial charge >= 0.3 is 6.01 Å². The molecule has 4 rings (SSSR count). The Labute approximate surface area is 190 Å². The van der Waals surface area contributed by atoms with Gasteiger partial charge in [0.15, 0.2) is 0 Å². The van der Waals surface area contributed by atoms with E-state index in [1.165, 1.54) is 5.56 Å². The van der Waals surface area contributed by atoms with Gasteiger partial charge in [0, 0.05) is 56.7 Å². The van der Waals surface area contributed by atoms with Crippen LogP contribution in [0.25, 0.3) is 5.57 Å². The highest BCUT2D eigenvalue weighted by Crippen LogP contribution is 2.37. The lowest BCUT2D eigenvalue weighted by Gasteiger charge is -2.32. The van der Waals surface area contributed by atoms with E-state index in [1.54, 1.807) is 0 Å². The Morgan fingerprint density at radius 1 is 1.09 bits per heavy atom. The van der Waals surface area contributed by atoms with Crippen molar-refractivity contribution in [3.63, 3.8) is 0 Å². The molecule has 0 bridgehead atoms. The van der Waals surface area contributed by atoms with Crippen LogP contribution in [0.4, 0.5) is 5.82 Å². The quantitative estimate of drug-likeness (QED) is 0.641. The molecule has 0 unspecified atom stereocenters. The number of anilines is 1. The van der Waals surface area contributed by atoms with E-state index in [0.717, 1.165) is 68.0 Å². The average molecular weight is 433 g/mol. The maximum atomic E-state index is 9.73. The summed E-state index contributed by atoms with van der Waals surface area (Å²) in [6.45, 7) is 8.11. The normalized spacial score (nSPS) is 16.8. The molecule has 2 aromatic rings. The Balaban J connectivity index is 1.48. The number of unbranched alkanes of at least 4 members (excludes halogenated alkanes) is 1. The molecule has 2 N–H and O–H groups in total. The molecule has 2 aliphatic rings. The zero-order valence-corrected chi connectivity index (χ0v) is 19.1. The number of piperazine rings is 1. The molecule has 0 saturated carbocycles. The minimum Gasteiger partial charge on any atom is -0.463 e. The van der Waals surface area contributed by atoms with Crippen molar-refractivity contribution < 1.29 is 4.74 Å². The van der Waals surface area contributed by atoms with Gasteiger partial charge in [0.1, 0.15) is 5.82 Å². The molecule has 1 saturated heterocycles. The van der Waals surface area contributed by atoms with E-state index in [0.29, 0.717) is 36.8 Å². The molecule has 1 aromatic heterocycles. The van der Waals surface area contributed by atoms with Crippen LogP contribution in [0.5, 0.6) is 6.01 Å². The van der Waals surface area contributed by atoms with Gasteiger partial charge < -0.3 is 15.4 Å². The molecular weight excluding hydrogens is 400 g/mol. The smallest absolute Gasteiger partial charge is 0.318 e. The van der Waals surface area contributed by atoms with Crippen molar-refractivity contribution in [2.75, 3.05) is 45.6 Å². The number of likely N-dealkylation sites (N-methyl/N-ethyl adjacent to an activating group) is 1. The van der Waals surface area contributed by atoms with Gasteiger partial charge in [0.25, 0.3) is 0 Å². The maximum Gasteiger partial charge on any atom is 0.318 e. The van der Waals surface area contributed by atoms with Crippen molar-refractivity contribution in [3.05, 3.63) is 52.2 Å². The number of nitrogens with two attached hydrogens (primary N) is 1. The summed E-state index contributed by atoms with van der Waals surface area (Å²) < 4.78 is 5.70. The van der Waals surface area contributed by atoms with E-state index in [-0.39, 0.29) is 0 Å². The molecule has 1 fully saturated rings. The van der Waals surface area contributed by atoms with Crippen LogP contribution >= 0.6 is 0 Å². The Morgan fingerprint density at radius 2 is 1.81 bits per heavy atom. The number of fused-ring (bicyclic) bond motifs is 1. The van der Waals surface area contributed by atoms with Crippen molar-refractivity contribution in [1.82, 2.24) is 19.8 Å². The number of aromatic nitrogens is 2. The van der Waals surface area contributed by atoms with Crippen LogP contribution in [0.1, 0.15) is 42.1 Å². The molecule has 0 atom stereocenters. The number of hydrogen-bond donors (Lipinski definition) is 1. The van der Waals surface area contributed by atoms with Gasteiger partial charge in [-0.1, -0.05) is 37.6 Å². The van der Waals surface area contributed by atoms with Gasteiger partial charge in [0.2, 0.25) is 0 Å². The summed E-state index contributed by atoms with van der Waals surface area (Å²) in [5.41, 5.74) is 11.9. The number of allylic oxidation sites excluding steroid dienone is 2. The molecule has 7 heteroatoms. The predicted octanol–water partition coefficient (Wildman–Crippen LogP) is 3.06. The molecule has 0 spiro atoms. The van der Waals surface area contributed by atoms with E-state index in [9.17, 15) is 5.26 Å². The predicted molar refractivity (Wildman–Crippen MR) is 126 cm³/mol. The second kappa shape index (κ2) is 10.1. The summed E-state index contributed by atoms with van der Waals surface area (Å²) in [5, 5.41) is 9.73. The lowest BCUT2D eigenvalue weighted by molar-refractivity contribution is 0.148. The lowest BCUT2D eigenvalue weighted by Crippen LogP contribution is -2.43. The van der Waals surface area contributed by atoms with E-state index in [4.69, 9.17) is 10.5 Å². The van der Waals surface area contributed by atoms with Crippen molar-refractivity contribution in [2.45, 2.75) is 39.2 Å². The summed E-state index contributed by atoms with van der Waals surface area (Å²) in [6.07, 6.45) is 3.11. The fourth-order valence-electron chi connectivity index (χ4n) is 4.23. The van der Waals surface area contributed by atoms with Crippen molar-refractivity contribution in [3.8, 4) is 12.1 Å². The van der Waals surface area contributed by atoms with Gasteiger partial charge in [-0.05, 0) is 30.2 Å². The second-order valence-electron chi connectivity index (χ2n) is 8.74. The summed E-state index contributed by atoms with van der Waals surface area (Å²) in [6, 6.07) is 11.4. The molecule has 1 aliphatic heterocycles. The van der Waals surface area contributed by atoms with Gasteiger partial charge in [0.05, 0.1) is 18.4 Å². The number of benzene rings is 1. The number of hydrogen-bond acceptors (Lipinski definition) is 7. The third-order valence-corrected chi connectivity index (χ3v) is 6.29. The first-order chi connectivity index (χ1) is 15.6. The van der Waals surface area contributed by atoms with Crippen LogP contribution in [0.15, 0.2) is 29.8 Å². The fourth-order valence-corrected chi connectivity index (χ4v) is 4.23. The zero-order chi connectivity index (χ0) is 22.5. The minimum atomic E-state index is 0.300. The highest BCUT2D eigenvalue weighted by atomic mass is 16.5. The molecule has 168 valence electrons. The topological polar surface area (TPSA) is 91.3 Å². The number of ether oxygens (including phenoxy) is 1. The Bertz CT molecular complexity index is 1020. The molecule has 0 radical (unpaired) electrons. The van der Waals surface area contributed by atoms with Gasteiger partial charge in [-0.2, -0.15) is 15.2 Å². The number of nitrogen functional groups attached to an aromatic ring is 1. The Morgan fingerprint density at radius 3 is 2.50 bits per heavy atom. The van der Waals surface area contributed by atoms with Crippen LogP contribution < -0.4 is 10.5 Å². The summed E-state index contributed by atoms with van der Waals surface area (Å²) >= 11 is 0. The Kier molecular flexibility index (Phi) is 7.03. The molecule has 0 amide bonds. The Hall–Kier alpha value is -2.95. The average Bonchev–Trinajstić information content (AvgIpc) is 3.15. The highest BCUT2D eigenvalue weighted by molar-refractivity contribution is 5.81.